The minimum absolute atomic E-state index is 0.228. The lowest BCUT2D eigenvalue weighted by atomic mass is 10.0. The van der Waals surface area contributed by atoms with E-state index < -0.39 is 6.61 Å². The van der Waals surface area contributed by atoms with Gasteiger partial charge in [0.15, 0.2) is 5.78 Å². The lowest BCUT2D eigenvalue weighted by molar-refractivity contribution is 0.0903. The van der Waals surface area contributed by atoms with Crippen LogP contribution in [0.25, 0.3) is 0 Å². The van der Waals surface area contributed by atoms with Gasteiger partial charge in [0.2, 0.25) is 0 Å². The number of Topliss-reactive ketones (excluding diaryl/α,β-unsaturated/α-hetero) is 1. The second-order valence-electron chi connectivity index (χ2n) is 3.77. The molecule has 0 aromatic heterocycles. The van der Waals surface area contributed by atoms with Gasteiger partial charge in [0.1, 0.15) is 6.61 Å². The van der Waals surface area contributed by atoms with Gasteiger partial charge in [0.25, 0.3) is 0 Å². The van der Waals surface area contributed by atoms with Crippen LogP contribution in [0, 0.1) is 0 Å². The first-order valence-corrected chi connectivity index (χ1v) is 5.00. The molecule has 0 aliphatic rings. The maximum absolute atomic E-state index is 11.2. The highest BCUT2D eigenvalue weighted by molar-refractivity contribution is 5.97. The molecular weight excluding hydrogens is 188 g/mol. The Bertz CT molecular complexity index is 374. The number of hydrogen-bond donors (Lipinski definition) is 1. The van der Waals surface area contributed by atoms with E-state index in [-0.39, 0.29) is 5.78 Å². The summed E-state index contributed by atoms with van der Waals surface area (Å²) < 4.78 is 0. The van der Waals surface area contributed by atoms with Gasteiger partial charge in [-0.2, -0.15) is 0 Å². The van der Waals surface area contributed by atoms with E-state index in [4.69, 9.17) is 5.11 Å². The van der Waals surface area contributed by atoms with Crippen LogP contribution in [-0.2, 0) is 6.42 Å². The van der Waals surface area contributed by atoms with Gasteiger partial charge in [0.05, 0.1) is 0 Å². The lowest BCUT2D eigenvalue weighted by Crippen LogP contribution is -2.04. The van der Waals surface area contributed by atoms with Crippen molar-refractivity contribution >= 4 is 5.78 Å². The predicted octanol–water partition coefficient (Wildman–Crippen LogP) is 2.37. The van der Waals surface area contributed by atoms with E-state index in [1.54, 1.807) is 6.07 Å². The summed E-state index contributed by atoms with van der Waals surface area (Å²) in [5, 5.41) is 8.74. The fraction of sp³-hybridized carbons (Fsp3) is 0.308. The molecule has 15 heavy (non-hydrogen) atoms. The average molecular weight is 204 g/mol. The molecule has 2 heteroatoms. The maximum atomic E-state index is 11.2. The van der Waals surface area contributed by atoms with Gasteiger partial charge in [0, 0.05) is 5.56 Å². The molecule has 1 N–H and O–H groups in total. The molecule has 0 aliphatic carbocycles. The SMILES string of the molecule is CC(C)=CCc1cccc(C(=O)CO)c1. The zero-order valence-electron chi connectivity index (χ0n) is 9.16. The molecule has 0 radical (unpaired) electrons. The molecule has 0 saturated heterocycles. The highest BCUT2D eigenvalue weighted by atomic mass is 16.3. The van der Waals surface area contributed by atoms with Gasteiger partial charge in [-0.3, -0.25) is 4.79 Å². The fourth-order valence-corrected chi connectivity index (χ4v) is 1.29. The predicted molar refractivity (Wildman–Crippen MR) is 61.0 cm³/mol. The number of aliphatic hydroxyl groups excluding tert-OH is 1. The van der Waals surface area contributed by atoms with Crippen LogP contribution in [0.5, 0.6) is 0 Å². The van der Waals surface area contributed by atoms with Crippen LogP contribution in [0.15, 0.2) is 35.9 Å². The average Bonchev–Trinajstić information content (AvgIpc) is 2.25. The molecule has 0 fully saturated rings. The van der Waals surface area contributed by atoms with Crippen LogP contribution >= 0.6 is 0 Å². The maximum Gasteiger partial charge on any atom is 0.188 e. The van der Waals surface area contributed by atoms with E-state index in [2.05, 4.69) is 6.08 Å². The van der Waals surface area contributed by atoms with Crippen LogP contribution in [-0.4, -0.2) is 17.5 Å². The Kier molecular flexibility index (Phi) is 4.25. The van der Waals surface area contributed by atoms with Crippen molar-refractivity contribution in [2.75, 3.05) is 6.61 Å². The third-order valence-electron chi connectivity index (χ3n) is 2.14. The first-order chi connectivity index (χ1) is 7.13. The minimum Gasteiger partial charge on any atom is -0.388 e. The largest absolute Gasteiger partial charge is 0.388 e. The zero-order chi connectivity index (χ0) is 11.3. The number of carbonyl (C=O) groups excluding carboxylic acids is 1. The molecule has 1 aromatic carbocycles. The first kappa shape index (κ1) is 11.7. The third-order valence-corrected chi connectivity index (χ3v) is 2.14. The summed E-state index contributed by atoms with van der Waals surface area (Å²) in [6.07, 6.45) is 2.94. The molecule has 0 atom stereocenters. The van der Waals surface area contributed by atoms with E-state index in [0.717, 1.165) is 12.0 Å². The molecule has 2 nitrogen and oxygen atoms in total. The van der Waals surface area contributed by atoms with Crippen molar-refractivity contribution < 1.29 is 9.90 Å². The number of aliphatic hydroxyl groups is 1. The molecular formula is C13H16O2. The quantitative estimate of drug-likeness (QED) is 0.604. The van der Waals surface area contributed by atoms with Gasteiger partial charge in [-0.25, -0.2) is 0 Å². The molecule has 0 aliphatic heterocycles. The molecule has 1 aromatic rings. The number of ketones is 1. The normalized spacial score (nSPS) is 9.80. The minimum atomic E-state index is -0.425. The standard InChI is InChI=1S/C13H16O2/c1-10(2)6-7-11-4-3-5-12(8-11)13(15)9-14/h3-6,8,14H,7,9H2,1-2H3. The van der Waals surface area contributed by atoms with Crippen molar-refractivity contribution in [1.29, 1.82) is 0 Å². The van der Waals surface area contributed by atoms with E-state index in [0.29, 0.717) is 5.56 Å². The fourth-order valence-electron chi connectivity index (χ4n) is 1.29. The van der Waals surface area contributed by atoms with Crippen LogP contribution in [0.4, 0.5) is 0 Å². The Morgan fingerprint density at radius 2 is 2.13 bits per heavy atom. The zero-order valence-corrected chi connectivity index (χ0v) is 9.16. The van der Waals surface area contributed by atoms with E-state index >= 15 is 0 Å². The number of hydrogen-bond acceptors (Lipinski definition) is 2. The van der Waals surface area contributed by atoms with Crippen molar-refractivity contribution in [2.24, 2.45) is 0 Å². The van der Waals surface area contributed by atoms with Crippen LogP contribution in [0.3, 0.4) is 0 Å². The Balaban J connectivity index is 2.83. The number of allylic oxidation sites excluding steroid dienone is 2. The highest BCUT2D eigenvalue weighted by Crippen LogP contribution is 2.08. The van der Waals surface area contributed by atoms with E-state index in [1.165, 1.54) is 5.57 Å². The van der Waals surface area contributed by atoms with Crippen molar-refractivity contribution in [3.63, 3.8) is 0 Å². The number of rotatable bonds is 4. The summed E-state index contributed by atoms with van der Waals surface area (Å²) in [7, 11) is 0. The molecule has 0 saturated carbocycles. The Morgan fingerprint density at radius 3 is 2.73 bits per heavy atom. The molecule has 0 spiro atoms. The van der Waals surface area contributed by atoms with Gasteiger partial charge in [-0.05, 0) is 31.9 Å². The monoisotopic (exact) mass is 204 g/mol. The number of carbonyl (C=O) groups is 1. The van der Waals surface area contributed by atoms with Crippen LogP contribution in [0.2, 0.25) is 0 Å². The Hall–Kier alpha value is -1.41. The topological polar surface area (TPSA) is 37.3 Å². The summed E-state index contributed by atoms with van der Waals surface area (Å²) in [5.74, 6) is -0.228. The highest BCUT2D eigenvalue weighted by Gasteiger charge is 2.03. The number of benzene rings is 1. The molecule has 0 amide bonds. The van der Waals surface area contributed by atoms with Crippen LogP contribution < -0.4 is 0 Å². The Labute approximate surface area is 90.3 Å². The van der Waals surface area contributed by atoms with Gasteiger partial charge in [-0.15, -0.1) is 0 Å². The second kappa shape index (κ2) is 5.47. The summed E-state index contributed by atoms with van der Waals surface area (Å²) in [6, 6.07) is 7.38. The van der Waals surface area contributed by atoms with Crippen LogP contribution in [0.1, 0.15) is 29.8 Å². The molecule has 0 unspecified atom stereocenters. The first-order valence-electron chi connectivity index (χ1n) is 5.00. The second-order valence-corrected chi connectivity index (χ2v) is 3.77. The van der Waals surface area contributed by atoms with Gasteiger partial charge in [-0.1, -0.05) is 29.8 Å². The van der Waals surface area contributed by atoms with E-state index in [1.807, 2.05) is 32.0 Å². The third kappa shape index (κ3) is 3.68. The lowest BCUT2D eigenvalue weighted by Gasteiger charge is -2.01. The summed E-state index contributed by atoms with van der Waals surface area (Å²) in [6.45, 7) is 3.66. The molecule has 80 valence electrons. The Morgan fingerprint density at radius 1 is 1.40 bits per heavy atom. The van der Waals surface area contributed by atoms with Crippen molar-refractivity contribution in [2.45, 2.75) is 20.3 Å². The van der Waals surface area contributed by atoms with Crippen molar-refractivity contribution in [3.05, 3.63) is 47.0 Å². The molecule has 0 bridgehead atoms. The van der Waals surface area contributed by atoms with Crippen molar-refractivity contribution in [3.8, 4) is 0 Å². The summed E-state index contributed by atoms with van der Waals surface area (Å²) >= 11 is 0. The molecule has 1 rings (SSSR count). The van der Waals surface area contributed by atoms with Gasteiger partial charge < -0.3 is 5.11 Å². The van der Waals surface area contributed by atoms with E-state index in [9.17, 15) is 4.79 Å². The van der Waals surface area contributed by atoms with Crippen molar-refractivity contribution in [1.82, 2.24) is 0 Å². The van der Waals surface area contributed by atoms with Gasteiger partial charge >= 0.3 is 0 Å². The smallest absolute Gasteiger partial charge is 0.188 e. The summed E-state index contributed by atoms with van der Waals surface area (Å²) in [5.41, 5.74) is 2.93. The molecule has 0 heterocycles. The summed E-state index contributed by atoms with van der Waals surface area (Å²) in [4.78, 5) is 11.2.